The van der Waals surface area contributed by atoms with Crippen molar-refractivity contribution >= 4 is 33.3 Å². The third-order valence-corrected chi connectivity index (χ3v) is 7.49. The zero-order valence-corrected chi connectivity index (χ0v) is 19.0. The number of anilines is 1. The number of aromatic nitrogens is 2. The maximum atomic E-state index is 13.0. The first-order valence-electron chi connectivity index (χ1n) is 11.0. The number of benzene rings is 1. The van der Waals surface area contributed by atoms with Crippen LogP contribution >= 0.6 is 11.3 Å². The van der Waals surface area contributed by atoms with E-state index in [9.17, 15) is 10.1 Å². The van der Waals surface area contributed by atoms with E-state index >= 15 is 0 Å². The summed E-state index contributed by atoms with van der Waals surface area (Å²) < 4.78 is 1.23. The molecule has 1 aromatic carbocycles. The minimum Gasteiger partial charge on any atom is -0.346 e. The molecule has 2 fully saturated rings. The van der Waals surface area contributed by atoms with Gasteiger partial charge in [0, 0.05) is 50.9 Å². The van der Waals surface area contributed by atoms with Crippen molar-refractivity contribution in [2.45, 2.75) is 37.9 Å². The molecule has 32 heavy (non-hydrogen) atoms. The van der Waals surface area contributed by atoms with Gasteiger partial charge >= 0.3 is 0 Å². The maximum absolute atomic E-state index is 13.0. The van der Waals surface area contributed by atoms with Gasteiger partial charge < -0.3 is 14.7 Å². The lowest BCUT2D eigenvalue weighted by Gasteiger charge is -2.42. The Morgan fingerprint density at radius 1 is 1.22 bits per heavy atom. The van der Waals surface area contributed by atoms with Crippen molar-refractivity contribution in [1.82, 2.24) is 19.8 Å². The first-order chi connectivity index (χ1) is 15.6. The number of rotatable bonds is 6. The molecule has 4 heterocycles. The largest absolute Gasteiger partial charge is 0.346 e. The van der Waals surface area contributed by atoms with Crippen LogP contribution in [0, 0.1) is 11.3 Å². The van der Waals surface area contributed by atoms with E-state index < -0.39 is 0 Å². The summed E-state index contributed by atoms with van der Waals surface area (Å²) in [7, 11) is 2.07. The Bertz CT molecular complexity index is 1160. The topological polar surface area (TPSA) is 76.4 Å². The van der Waals surface area contributed by atoms with Gasteiger partial charge in [0.15, 0.2) is 0 Å². The molecule has 8 heteroatoms. The average molecular weight is 447 g/mol. The highest BCUT2D eigenvalue weighted by molar-refractivity contribution is 7.16. The van der Waals surface area contributed by atoms with Crippen LogP contribution in [0.4, 0.5) is 5.82 Å². The smallest absolute Gasteiger partial charge is 0.223 e. The highest BCUT2D eigenvalue weighted by Crippen LogP contribution is 2.35. The molecule has 7 nitrogen and oxygen atoms in total. The first-order valence-corrected chi connectivity index (χ1v) is 11.9. The Morgan fingerprint density at radius 3 is 2.81 bits per heavy atom. The highest BCUT2D eigenvalue weighted by Gasteiger charge is 2.42. The van der Waals surface area contributed by atoms with E-state index in [1.807, 2.05) is 28.6 Å². The van der Waals surface area contributed by atoms with Gasteiger partial charge in [-0.15, -0.1) is 11.3 Å². The Labute approximate surface area is 191 Å². The second-order valence-corrected chi connectivity index (χ2v) is 9.54. The number of thiazole rings is 1. The molecule has 0 N–H and O–H groups in total. The standard InChI is InChI=1S/C24H26N6OS/c1-28(13-18-4-2-6-21-23(18)32-16-27-21)11-9-22(31)29-14-19-7-8-20(15-29)30(19)24-17(12-25)5-3-10-26-24/h2-6,10,16,19-20H,7-9,11,13-15H2,1H3. The molecule has 0 aliphatic carbocycles. The Morgan fingerprint density at radius 2 is 2.03 bits per heavy atom. The van der Waals surface area contributed by atoms with Gasteiger partial charge in [-0.25, -0.2) is 9.97 Å². The third kappa shape index (κ3) is 3.94. The van der Waals surface area contributed by atoms with Crippen LogP contribution in [0.5, 0.6) is 0 Å². The van der Waals surface area contributed by atoms with Crippen molar-refractivity contribution < 1.29 is 4.79 Å². The third-order valence-electron chi connectivity index (χ3n) is 6.57. The van der Waals surface area contributed by atoms with E-state index in [1.54, 1.807) is 23.6 Å². The van der Waals surface area contributed by atoms with Gasteiger partial charge in [0.1, 0.15) is 11.9 Å². The van der Waals surface area contributed by atoms with E-state index in [0.717, 1.165) is 37.3 Å². The van der Waals surface area contributed by atoms with Crippen LogP contribution in [-0.2, 0) is 11.3 Å². The second-order valence-electron chi connectivity index (χ2n) is 8.68. The second kappa shape index (κ2) is 8.85. The van der Waals surface area contributed by atoms with E-state index in [1.165, 1.54) is 10.3 Å². The van der Waals surface area contributed by atoms with Crippen LogP contribution < -0.4 is 4.90 Å². The summed E-state index contributed by atoms with van der Waals surface area (Å²) in [6.45, 7) is 2.95. The van der Waals surface area contributed by atoms with Crippen LogP contribution in [0.25, 0.3) is 10.2 Å². The zero-order chi connectivity index (χ0) is 22.1. The fraction of sp³-hybridized carbons (Fsp3) is 0.417. The lowest BCUT2D eigenvalue weighted by Crippen LogP contribution is -2.56. The first kappa shape index (κ1) is 20.9. The molecule has 1 amide bonds. The van der Waals surface area contributed by atoms with E-state index in [-0.39, 0.29) is 18.0 Å². The molecule has 2 aliphatic heterocycles. The van der Waals surface area contributed by atoms with Crippen LogP contribution in [0.2, 0.25) is 0 Å². The zero-order valence-electron chi connectivity index (χ0n) is 18.1. The molecule has 0 spiro atoms. The summed E-state index contributed by atoms with van der Waals surface area (Å²) in [5, 5.41) is 9.47. The number of pyridine rings is 1. The predicted octanol–water partition coefficient (Wildman–Crippen LogP) is 3.26. The van der Waals surface area contributed by atoms with Crippen molar-refractivity contribution in [3.05, 3.63) is 53.2 Å². The number of amides is 1. The van der Waals surface area contributed by atoms with Crippen molar-refractivity contribution in [3.8, 4) is 6.07 Å². The molecule has 3 aromatic rings. The van der Waals surface area contributed by atoms with Gasteiger partial charge in [0.05, 0.1) is 21.3 Å². The van der Waals surface area contributed by atoms with Gasteiger partial charge in [-0.2, -0.15) is 5.26 Å². The SMILES string of the molecule is CN(CCC(=O)N1CC2CCC(C1)N2c1ncccc1C#N)Cc1cccc2ncsc12. The number of carbonyl (C=O) groups is 1. The fourth-order valence-electron chi connectivity index (χ4n) is 5.03. The molecule has 164 valence electrons. The van der Waals surface area contributed by atoms with Crippen molar-refractivity contribution in [2.24, 2.45) is 0 Å². The lowest BCUT2D eigenvalue weighted by molar-refractivity contribution is -0.132. The minimum atomic E-state index is 0.214. The Balaban J connectivity index is 1.19. The van der Waals surface area contributed by atoms with Crippen molar-refractivity contribution in [2.75, 3.05) is 31.6 Å². The molecule has 2 atom stereocenters. The molecule has 2 saturated heterocycles. The molecule has 0 radical (unpaired) electrons. The quantitative estimate of drug-likeness (QED) is 0.579. The molecule has 0 saturated carbocycles. The number of nitrogens with zero attached hydrogens (tertiary/aromatic N) is 6. The van der Waals surface area contributed by atoms with Gasteiger partial charge in [0.25, 0.3) is 0 Å². The molecular weight excluding hydrogens is 420 g/mol. The summed E-state index contributed by atoms with van der Waals surface area (Å²) in [5.41, 5.74) is 4.80. The number of carbonyl (C=O) groups excluding carboxylic acids is 1. The maximum Gasteiger partial charge on any atom is 0.223 e. The molecule has 2 bridgehead atoms. The summed E-state index contributed by atoms with van der Waals surface area (Å²) >= 11 is 1.67. The summed E-state index contributed by atoms with van der Waals surface area (Å²) in [6, 6.07) is 12.6. The Hall–Kier alpha value is -3.02. The molecule has 2 aliphatic rings. The Kier molecular flexibility index (Phi) is 5.77. The minimum absolute atomic E-state index is 0.214. The van der Waals surface area contributed by atoms with Crippen LogP contribution in [0.15, 0.2) is 42.0 Å². The number of hydrogen-bond donors (Lipinski definition) is 0. The number of piperazine rings is 1. The molecule has 2 aromatic heterocycles. The lowest BCUT2D eigenvalue weighted by atomic mass is 10.1. The van der Waals surface area contributed by atoms with Crippen LogP contribution in [0.1, 0.15) is 30.4 Å². The normalized spacial score (nSPS) is 20.2. The van der Waals surface area contributed by atoms with E-state index in [2.05, 4.69) is 39.0 Å². The van der Waals surface area contributed by atoms with Crippen molar-refractivity contribution in [1.29, 1.82) is 5.26 Å². The summed E-state index contributed by atoms with van der Waals surface area (Å²) in [4.78, 5) is 28.4. The van der Waals surface area contributed by atoms with E-state index in [4.69, 9.17) is 0 Å². The van der Waals surface area contributed by atoms with Crippen LogP contribution in [-0.4, -0.2) is 64.4 Å². The van der Waals surface area contributed by atoms with Gasteiger partial charge in [0.2, 0.25) is 5.91 Å². The average Bonchev–Trinajstić information content (AvgIpc) is 3.39. The molecule has 2 unspecified atom stereocenters. The summed E-state index contributed by atoms with van der Waals surface area (Å²) in [5.74, 6) is 0.984. The monoisotopic (exact) mass is 446 g/mol. The predicted molar refractivity (Wildman–Crippen MR) is 125 cm³/mol. The number of fused-ring (bicyclic) bond motifs is 3. The number of likely N-dealkylation sites (tertiary alicyclic amines) is 1. The van der Waals surface area contributed by atoms with E-state index in [0.29, 0.717) is 25.1 Å². The number of hydrogen-bond acceptors (Lipinski definition) is 7. The van der Waals surface area contributed by atoms with Crippen molar-refractivity contribution in [3.63, 3.8) is 0 Å². The molecule has 5 rings (SSSR count). The van der Waals surface area contributed by atoms with Gasteiger partial charge in [-0.05, 0) is 43.7 Å². The van der Waals surface area contributed by atoms with Gasteiger partial charge in [-0.1, -0.05) is 12.1 Å². The van der Waals surface area contributed by atoms with Crippen LogP contribution in [0.3, 0.4) is 0 Å². The summed E-state index contributed by atoms with van der Waals surface area (Å²) in [6.07, 6.45) is 4.33. The fourth-order valence-corrected chi connectivity index (χ4v) is 5.82. The van der Waals surface area contributed by atoms with Gasteiger partial charge in [-0.3, -0.25) is 4.79 Å². The number of nitriles is 1. The highest BCUT2D eigenvalue weighted by atomic mass is 32.1. The molecular formula is C24H26N6OS.